The van der Waals surface area contributed by atoms with Crippen molar-refractivity contribution in [2.75, 3.05) is 11.9 Å². The minimum Gasteiger partial charge on any atom is -0.353 e. The van der Waals surface area contributed by atoms with Crippen molar-refractivity contribution in [1.29, 1.82) is 0 Å². The van der Waals surface area contributed by atoms with E-state index in [1.165, 1.54) is 0 Å². The molecule has 1 aromatic rings. The lowest BCUT2D eigenvalue weighted by Crippen LogP contribution is -2.26. The van der Waals surface area contributed by atoms with Gasteiger partial charge in [0.25, 0.3) is 0 Å². The second-order valence-electron chi connectivity index (χ2n) is 4.66. The third-order valence-corrected chi connectivity index (χ3v) is 3.11. The molecule has 0 saturated heterocycles. The zero-order valence-corrected chi connectivity index (χ0v) is 13.1. The molecule has 0 saturated carbocycles. The zero-order chi connectivity index (χ0) is 15.0. The van der Waals surface area contributed by atoms with Gasteiger partial charge in [0.05, 0.1) is 0 Å². The van der Waals surface area contributed by atoms with E-state index in [1.54, 1.807) is 6.08 Å². The minimum absolute atomic E-state index is 0.00744. The van der Waals surface area contributed by atoms with Crippen molar-refractivity contribution in [3.05, 3.63) is 41.4 Å². The molecule has 0 heterocycles. The normalized spacial score (nSPS) is 11.5. The molecule has 0 aromatic heterocycles. The molecule has 108 valence electrons. The summed E-state index contributed by atoms with van der Waals surface area (Å²) in [4.78, 5) is 23.4. The summed E-state index contributed by atoms with van der Waals surface area (Å²) in [7, 11) is 0. The van der Waals surface area contributed by atoms with Crippen LogP contribution in [-0.4, -0.2) is 18.4 Å². The van der Waals surface area contributed by atoms with Gasteiger partial charge >= 0.3 is 0 Å². The van der Waals surface area contributed by atoms with Gasteiger partial charge in [0.2, 0.25) is 11.8 Å². The fraction of sp³-hybridized carbons (Fsp3) is 0.333. The number of anilines is 1. The molecule has 20 heavy (non-hydrogen) atoms. The van der Waals surface area contributed by atoms with Gasteiger partial charge in [-0.3, -0.25) is 9.59 Å². The summed E-state index contributed by atoms with van der Waals surface area (Å²) < 4.78 is 0.909. The van der Waals surface area contributed by atoms with Gasteiger partial charge in [-0.15, -0.1) is 6.58 Å². The van der Waals surface area contributed by atoms with Crippen LogP contribution in [0.2, 0.25) is 0 Å². The van der Waals surface area contributed by atoms with E-state index in [1.807, 2.05) is 31.2 Å². The predicted molar refractivity (Wildman–Crippen MR) is 84.4 cm³/mol. The highest BCUT2D eigenvalue weighted by molar-refractivity contribution is 9.10. The molecule has 4 nitrogen and oxygen atoms in total. The minimum atomic E-state index is -0.0906. The summed E-state index contributed by atoms with van der Waals surface area (Å²) in [5.41, 5.74) is 0.743. The lowest BCUT2D eigenvalue weighted by atomic mass is 10.0. The first kappa shape index (κ1) is 16.4. The molecule has 1 rings (SSSR count). The Morgan fingerprint density at radius 1 is 1.35 bits per heavy atom. The van der Waals surface area contributed by atoms with Crippen molar-refractivity contribution in [2.45, 2.75) is 19.8 Å². The number of nitrogens with one attached hydrogen (secondary N) is 2. The summed E-state index contributed by atoms with van der Waals surface area (Å²) in [6, 6.07) is 7.40. The van der Waals surface area contributed by atoms with E-state index in [-0.39, 0.29) is 17.7 Å². The van der Waals surface area contributed by atoms with Crippen LogP contribution in [0.4, 0.5) is 5.69 Å². The highest BCUT2D eigenvalue weighted by atomic mass is 79.9. The van der Waals surface area contributed by atoms with E-state index < -0.39 is 0 Å². The SMILES string of the molecule is C=CCNC(=O)CC(C)CC(=O)Nc1cccc(Br)c1. The van der Waals surface area contributed by atoms with E-state index in [9.17, 15) is 9.59 Å². The number of carbonyl (C=O) groups excluding carboxylic acids is 2. The molecule has 2 N–H and O–H groups in total. The number of carbonyl (C=O) groups is 2. The standard InChI is InChI=1S/C15H19BrN2O2/c1-3-7-17-14(19)8-11(2)9-15(20)18-13-6-4-5-12(16)10-13/h3-6,10-11H,1,7-9H2,2H3,(H,17,19)(H,18,20). The van der Waals surface area contributed by atoms with Gasteiger partial charge < -0.3 is 10.6 Å². The largest absolute Gasteiger partial charge is 0.353 e. The molecule has 0 fully saturated rings. The first-order valence-electron chi connectivity index (χ1n) is 6.44. The van der Waals surface area contributed by atoms with Crippen LogP contribution in [0.15, 0.2) is 41.4 Å². The van der Waals surface area contributed by atoms with E-state index in [2.05, 4.69) is 33.1 Å². The van der Waals surface area contributed by atoms with Crippen LogP contribution in [0.3, 0.4) is 0 Å². The van der Waals surface area contributed by atoms with Crippen molar-refractivity contribution >= 4 is 33.4 Å². The van der Waals surface area contributed by atoms with Gasteiger partial charge in [0.1, 0.15) is 0 Å². The second kappa shape index (κ2) is 8.53. The molecule has 1 atom stereocenters. The first-order chi connectivity index (χ1) is 9.51. The molecule has 0 aliphatic rings. The fourth-order valence-corrected chi connectivity index (χ4v) is 2.14. The highest BCUT2D eigenvalue weighted by Crippen LogP contribution is 2.16. The number of hydrogen-bond donors (Lipinski definition) is 2. The van der Waals surface area contributed by atoms with Gasteiger partial charge in [-0.2, -0.15) is 0 Å². The van der Waals surface area contributed by atoms with Crippen LogP contribution in [0, 0.1) is 5.92 Å². The van der Waals surface area contributed by atoms with Gasteiger partial charge in [0, 0.05) is 29.5 Å². The Morgan fingerprint density at radius 3 is 2.70 bits per heavy atom. The Hall–Kier alpha value is -1.62. The molecule has 0 aliphatic heterocycles. The molecule has 0 spiro atoms. The molecule has 1 aromatic carbocycles. The molecule has 2 amide bonds. The monoisotopic (exact) mass is 338 g/mol. The number of rotatable bonds is 7. The van der Waals surface area contributed by atoms with Crippen LogP contribution in [0.25, 0.3) is 0 Å². The van der Waals surface area contributed by atoms with Crippen molar-refractivity contribution in [3.8, 4) is 0 Å². The summed E-state index contributed by atoms with van der Waals surface area (Å²) in [6.07, 6.45) is 2.27. The Labute approximate surface area is 127 Å². The van der Waals surface area contributed by atoms with Gasteiger partial charge in [0.15, 0.2) is 0 Å². The van der Waals surface area contributed by atoms with Gasteiger partial charge in [-0.25, -0.2) is 0 Å². The average molecular weight is 339 g/mol. The Kier molecular flexibility index (Phi) is 7.01. The van der Waals surface area contributed by atoms with Crippen LogP contribution >= 0.6 is 15.9 Å². The predicted octanol–water partition coefficient (Wildman–Crippen LogP) is 3.11. The van der Waals surface area contributed by atoms with E-state index in [0.29, 0.717) is 19.4 Å². The first-order valence-corrected chi connectivity index (χ1v) is 7.23. The van der Waals surface area contributed by atoms with E-state index >= 15 is 0 Å². The number of hydrogen-bond acceptors (Lipinski definition) is 2. The third kappa shape index (κ3) is 6.52. The Balaban J connectivity index is 2.38. The number of benzene rings is 1. The Morgan fingerprint density at radius 2 is 2.05 bits per heavy atom. The Bertz CT molecular complexity index is 489. The molecule has 0 radical (unpaired) electrons. The fourth-order valence-electron chi connectivity index (χ4n) is 1.74. The number of amides is 2. The van der Waals surface area contributed by atoms with Gasteiger partial charge in [-0.05, 0) is 24.1 Å². The molecule has 1 unspecified atom stereocenters. The van der Waals surface area contributed by atoms with Crippen LogP contribution < -0.4 is 10.6 Å². The third-order valence-electron chi connectivity index (χ3n) is 2.62. The number of halogens is 1. The van der Waals surface area contributed by atoms with Gasteiger partial charge in [-0.1, -0.05) is 35.0 Å². The maximum absolute atomic E-state index is 11.9. The lowest BCUT2D eigenvalue weighted by molar-refractivity contribution is -0.122. The summed E-state index contributed by atoms with van der Waals surface area (Å²) >= 11 is 3.35. The van der Waals surface area contributed by atoms with Crippen LogP contribution in [0.1, 0.15) is 19.8 Å². The van der Waals surface area contributed by atoms with Crippen LogP contribution in [0.5, 0.6) is 0 Å². The quantitative estimate of drug-likeness (QED) is 0.750. The molecule has 0 aliphatic carbocycles. The smallest absolute Gasteiger partial charge is 0.224 e. The maximum Gasteiger partial charge on any atom is 0.224 e. The molecular formula is C15H19BrN2O2. The summed E-state index contributed by atoms with van der Waals surface area (Å²) in [6.45, 7) is 5.87. The van der Waals surface area contributed by atoms with Crippen molar-refractivity contribution in [1.82, 2.24) is 5.32 Å². The van der Waals surface area contributed by atoms with Crippen LogP contribution in [-0.2, 0) is 9.59 Å². The second-order valence-corrected chi connectivity index (χ2v) is 5.58. The molecule has 5 heteroatoms. The highest BCUT2D eigenvalue weighted by Gasteiger charge is 2.13. The zero-order valence-electron chi connectivity index (χ0n) is 11.5. The topological polar surface area (TPSA) is 58.2 Å². The maximum atomic E-state index is 11.9. The summed E-state index contributed by atoms with van der Waals surface area (Å²) in [5, 5.41) is 5.51. The molecule has 0 bridgehead atoms. The van der Waals surface area contributed by atoms with E-state index in [0.717, 1.165) is 10.2 Å². The molecular weight excluding hydrogens is 320 g/mol. The van der Waals surface area contributed by atoms with Crippen molar-refractivity contribution in [3.63, 3.8) is 0 Å². The summed E-state index contributed by atoms with van der Waals surface area (Å²) in [5.74, 6) is -0.160. The van der Waals surface area contributed by atoms with E-state index in [4.69, 9.17) is 0 Å². The lowest BCUT2D eigenvalue weighted by Gasteiger charge is -2.11. The average Bonchev–Trinajstić information content (AvgIpc) is 2.35. The van der Waals surface area contributed by atoms with Crippen molar-refractivity contribution < 1.29 is 9.59 Å². The van der Waals surface area contributed by atoms with Crippen molar-refractivity contribution in [2.24, 2.45) is 5.92 Å².